The lowest BCUT2D eigenvalue weighted by Gasteiger charge is -2.15. The van der Waals surface area contributed by atoms with Crippen molar-refractivity contribution in [2.24, 2.45) is 0 Å². The molecule has 0 unspecified atom stereocenters. The number of aliphatic hydroxyl groups is 1. The number of nitrogens with one attached hydrogen (secondary N) is 1. The molecule has 132 valence electrons. The quantitative estimate of drug-likeness (QED) is 0.790. The predicted octanol–water partition coefficient (Wildman–Crippen LogP) is 0.273. The first-order valence-corrected chi connectivity index (χ1v) is 8.67. The van der Waals surface area contributed by atoms with Crippen molar-refractivity contribution in [2.45, 2.75) is 58.8 Å². The summed E-state index contributed by atoms with van der Waals surface area (Å²) in [7, 11) is 0. The summed E-state index contributed by atoms with van der Waals surface area (Å²) in [5.41, 5.74) is 0.145. The van der Waals surface area contributed by atoms with Gasteiger partial charge in [0.15, 0.2) is 11.2 Å². The summed E-state index contributed by atoms with van der Waals surface area (Å²) in [6.07, 6.45) is 2.28. The monoisotopic (exact) mass is 335 g/mol. The maximum Gasteiger partial charge on any atom is 0.330 e. The number of rotatable bonds is 6. The fraction of sp³-hybridized carbons (Fsp3) is 0.688. The molecular formula is C16H25N5O3. The number of unbranched alkanes of at least 4 members (excludes halogenated alkanes) is 1. The molecule has 0 aromatic carbocycles. The second kappa shape index (κ2) is 6.90. The number of fused-ring (bicyclic) bond motifs is 1. The van der Waals surface area contributed by atoms with E-state index < -0.39 is 5.69 Å². The first-order valence-electron chi connectivity index (χ1n) is 8.67. The molecule has 2 aromatic rings. The lowest BCUT2D eigenvalue weighted by Crippen LogP contribution is -2.31. The molecule has 1 fully saturated rings. The summed E-state index contributed by atoms with van der Waals surface area (Å²) >= 11 is 0. The molecule has 0 bridgehead atoms. The van der Waals surface area contributed by atoms with Gasteiger partial charge in [0, 0.05) is 26.2 Å². The molecule has 8 heteroatoms. The molecule has 0 radical (unpaired) electrons. The molecular weight excluding hydrogens is 310 g/mol. The van der Waals surface area contributed by atoms with Crippen LogP contribution in [0.3, 0.4) is 0 Å². The minimum absolute atomic E-state index is 0.296. The second-order valence-electron chi connectivity index (χ2n) is 6.39. The smallest absolute Gasteiger partial charge is 0.330 e. The number of likely N-dealkylation sites (tertiary alicyclic amines) is 1. The van der Waals surface area contributed by atoms with E-state index >= 15 is 0 Å². The van der Waals surface area contributed by atoms with Gasteiger partial charge >= 0.3 is 5.69 Å². The largest absolute Gasteiger partial charge is 0.392 e. The van der Waals surface area contributed by atoms with E-state index in [9.17, 15) is 14.7 Å². The van der Waals surface area contributed by atoms with E-state index in [0.717, 1.165) is 31.6 Å². The number of imidazole rings is 1. The van der Waals surface area contributed by atoms with Gasteiger partial charge in [0.2, 0.25) is 0 Å². The van der Waals surface area contributed by atoms with E-state index in [-0.39, 0.29) is 11.7 Å². The van der Waals surface area contributed by atoms with Gasteiger partial charge in [-0.05, 0) is 19.8 Å². The van der Waals surface area contributed by atoms with Crippen LogP contribution in [0, 0.1) is 0 Å². The highest BCUT2D eigenvalue weighted by Crippen LogP contribution is 2.17. The molecule has 0 saturated carbocycles. The number of H-pyrrole nitrogens is 1. The van der Waals surface area contributed by atoms with Gasteiger partial charge in [0.25, 0.3) is 5.56 Å². The lowest BCUT2D eigenvalue weighted by atomic mass is 10.3. The standard InChI is InChI=1S/C16H25N5O3/c1-3-5-7-21-14-13(15(23)18-16(21)24)20(4-2)12(17-14)10-19-8-6-11(22)9-19/h11,22H,3-10H2,1-2H3,(H,18,23,24)/t11-/m0/s1. The third kappa shape index (κ3) is 3.03. The number of hydrogen-bond acceptors (Lipinski definition) is 5. The van der Waals surface area contributed by atoms with Crippen molar-refractivity contribution in [3.05, 3.63) is 26.7 Å². The highest BCUT2D eigenvalue weighted by atomic mass is 16.3. The molecule has 1 aliphatic heterocycles. The Kier molecular flexibility index (Phi) is 4.86. The fourth-order valence-corrected chi connectivity index (χ4v) is 3.36. The zero-order valence-corrected chi connectivity index (χ0v) is 14.3. The average Bonchev–Trinajstić information content (AvgIpc) is 3.11. The fourth-order valence-electron chi connectivity index (χ4n) is 3.36. The molecule has 0 amide bonds. The maximum absolute atomic E-state index is 12.3. The Morgan fingerprint density at radius 3 is 2.71 bits per heavy atom. The number of hydrogen-bond donors (Lipinski definition) is 2. The van der Waals surface area contributed by atoms with E-state index in [1.54, 1.807) is 4.57 Å². The molecule has 1 atom stereocenters. The number of nitrogens with zero attached hydrogens (tertiary/aromatic N) is 4. The Bertz CT molecular complexity index is 835. The maximum atomic E-state index is 12.3. The molecule has 2 aromatic heterocycles. The Balaban J connectivity index is 2.08. The third-order valence-corrected chi connectivity index (χ3v) is 4.63. The van der Waals surface area contributed by atoms with Gasteiger partial charge in [-0.1, -0.05) is 13.3 Å². The Morgan fingerprint density at radius 1 is 1.29 bits per heavy atom. The summed E-state index contributed by atoms with van der Waals surface area (Å²) in [6.45, 7) is 7.18. The zero-order valence-electron chi connectivity index (χ0n) is 14.3. The van der Waals surface area contributed by atoms with Gasteiger partial charge in [0.1, 0.15) is 5.82 Å². The highest BCUT2D eigenvalue weighted by Gasteiger charge is 2.24. The molecule has 3 heterocycles. The van der Waals surface area contributed by atoms with Crippen LogP contribution in [0.2, 0.25) is 0 Å². The van der Waals surface area contributed by atoms with Gasteiger partial charge in [-0.2, -0.15) is 0 Å². The topological polar surface area (TPSA) is 96.2 Å². The van der Waals surface area contributed by atoms with Gasteiger partial charge in [0.05, 0.1) is 12.6 Å². The predicted molar refractivity (Wildman–Crippen MR) is 91.1 cm³/mol. The molecule has 1 aliphatic rings. The highest BCUT2D eigenvalue weighted by molar-refractivity contribution is 5.70. The molecule has 3 rings (SSSR count). The van der Waals surface area contributed by atoms with E-state index in [2.05, 4.69) is 21.8 Å². The van der Waals surface area contributed by atoms with Crippen LogP contribution in [0.1, 0.15) is 38.9 Å². The van der Waals surface area contributed by atoms with Crippen LogP contribution >= 0.6 is 0 Å². The average molecular weight is 335 g/mol. The van der Waals surface area contributed by atoms with E-state index in [0.29, 0.717) is 37.3 Å². The molecule has 0 spiro atoms. The summed E-state index contributed by atoms with van der Waals surface area (Å²) < 4.78 is 3.44. The molecule has 24 heavy (non-hydrogen) atoms. The van der Waals surface area contributed by atoms with Crippen molar-refractivity contribution < 1.29 is 5.11 Å². The van der Waals surface area contributed by atoms with E-state index in [1.807, 2.05) is 11.5 Å². The number of β-amino-alcohol motifs (C(OH)–C–C–N with tert-alkyl or cyclic N) is 1. The summed E-state index contributed by atoms with van der Waals surface area (Å²) in [5, 5.41) is 9.70. The number of aliphatic hydroxyl groups excluding tert-OH is 1. The van der Waals surface area contributed by atoms with Gasteiger partial charge in [-0.25, -0.2) is 9.78 Å². The van der Waals surface area contributed by atoms with Crippen molar-refractivity contribution in [2.75, 3.05) is 13.1 Å². The van der Waals surface area contributed by atoms with Crippen molar-refractivity contribution in [3.8, 4) is 0 Å². The summed E-state index contributed by atoms with van der Waals surface area (Å²) in [5.74, 6) is 0.767. The van der Waals surface area contributed by atoms with Crippen molar-refractivity contribution in [1.29, 1.82) is 0 Å². The third-order valence-electron chi connectivity index (χ3n) is 4.63. The van der Waals surface area contributed by atoms with Crippen LogP contribution in [-0.4, -0.2) is 48.3 Å². The van der Waals surface area contributed by atoms with Crippen molar-refractivity contribution in [1.82, 2.24) is 24.0 Å². The van der Waals surface area contributed by atoms with Crippen LogP contribution in [-0.2, 0) is 19.6 Å². The Hall–Kier alpha value is -1.93. The summed E-state index contributed by atoms with van der Waals surface area (Å²) in [6, 6.07) is 0. The Labute approximate surface area is 139 Å². The minimum atomic E-state index is -0.398. The zero-order chi connectivity index (χ0) is 17.3. The van der Waals surface area contributed by atoms with Gasteiger partial charge in [-0.3, -0.25) is 19.2 Å². The number of aromatic nitrogens is 4. The first kappa shape index (κ1) is 16.9. The van der Waals surface area contributed by atoms with Crippen LogP contribution in [0.5, 0.6) is 0 Å². The van der Waals surface area contributed by atoms with Crippen LogP contribution in [0.4, 0.5) is 0 Å². The Morgan fingerprint density at radius 2 is 2.08 bits per heavy atom. The van der Waals surface area contributed by atoms with Crippen molar-refractivity contribution >= 4 is 11.2 Å². The van der Waals surface area contributed by atoms with Gasteiger partial charge in [-0.15, -0.1) is 0 Å². The normalized spacial score (nSPS) is 18.7. The SMILES string of the molecule is CCCCn1c(=O)[nH]c(=O)c2c1nc(CN1CC[C@H](O)C1)n2CC. The number of aryl methyl sites for hydroxylation is 2. The number of aromatic amines is 1. The lowest BCUT2D eigenvalue weighted by molar-refractivity contribution is 0.173. The molecule has 8 nitrogen and oxygen atoms in total. The van der Waals surface area contributed by atoms with Gasteiger partial charge < -0.3 is 9.67 Å². The van der Waals surface area contributed by atoms with Crippen LogP contribution in [0.15, 0.2) is 9.59 Å². The molecule has 0 aliphatic carbocycles. The van der Waals surface area contributed by atoms with E-state index in [1.165, 1.54) is 0 Å². The van der Waals surface area contributed by atoms with E-state index in [4.69, 9.17) is 0 Å². The summed E-state index contributed by atoms with van der Waals surface area (Å²) in [4.78, 5) is 33.7. The second-order valence-corrected chi connectivity index (χ2v) is 6.39. The van der Waals surface area contributed by atoms with Crippen molar-refractivity contribution in [3.63, 3.8) is 0 Å². The minimum Gasteiger partial charge on any atom is -0.392 e. The van der Waals surface area contributed by atoms with Crippen LogP contribution in [0.25, 0.3) is 11.2 Å². The molecule has 1 saturated heterocycles. The van der Waals surface area contributed by atoms with Crippen LogP contribution < -0.4 is 11.2 Å². The molecule has 2 N–H and O–H groups in total. The first-order chi connectivity index (χ1) is 11.5.